The van der Waals surface area contributed by atoms with Gasteiger partial charge in [-0.15, -0.1) is 0 Å². The van der Waals surface area contributed by atoms with Crippen LogP contribution in [0.25, 0.3) is 16.9 Å². The fourth-order valence-corrected chi connectivity index (χ4v) is 4.77. The lowest BCUT2D eigenvalue weighted by Gasteiger charge is -2.21. The number of carbonyl (C=O) groups is 2. The van der Waals surface area contributed by atoms with Crippen molar-refractivity contribution in [1.29, 1.82) is 0 Å². The maximum atomic E-state index is 13.6. The second-order valence-electron chi connectivity index (χ2n) is 10.3. The standard InChI is InChI=1S/C33H30N4O5/c1-22(2)23-10-13-26(14-11-23)37-19-28(24-7-4-3-5-8-24)34-33(37)35-31(38)20-36(18-27-9-6-16-40-27)32(39)25-12-15-29-30(17-25)42-21-41-29/h3-17,19,22H,18,20-21H2,1-2H3,(H,34,35,38). The summed E-state index contributed by atoms with van der Waals surface area (Å²) in [6.45, 7) is 4.26. The van der Waals surface area contributed by atoms with Crippen LogP contribution in [-0.4, -0.2) is 39.6 Å². The van der Waals surface area contributed by atoms with Gasteiger partial charge < -0.3 is 18.8 Å². The van der Waals surface area contributed by atoms with E-state index in [1.807, 2.05) is 53.2 Å². The molecule has 3 aromatic carbocycles. The number of amides is 2. The molecular weight excluding hydrogens is 532 g/mol. The van der Waals surface area contributed by atoms with Gasteiger partial charge in [-0.1, -0.05) is 56.3 Å². The molecule has 1 N–H and O–H groups in total. The fraction of sp³-hybridized carbons (Fsp3) is 0.182. The molecule has 1 aliphatic heterocycles. The number of ether oxygens (including phenoxy) is 2. The Kier molecular flexibility index (Phi) is 7.47. The van der Waals surface area contributed by atoms with Gasteiger partial charge in [-0.25, -0.2) is 4.98 Å². The van der Waals surface area contributed by atoms with E-state index in [4.69, 9.17) is 18.9 Å². The zero-order valence-electron chi connectivity index (χ0n) is 23.3. The molecule has 0 atom stereocenters. The van der Waals surface area contributed by atoms with E-state index in [1.54, 1.807) is 30.3 Å². The Labute approximate surface area is 243 Å². The van der Waals surface area contributed by atoms with Gasteiger partial charge in [-0.05, 0) is 53.9 Å². The first-order valence-corrected chi connectivity index (χ1v) is 13.7. The number of nitrogens with zero attached hydrogens (tertiary/aromatic N) is 3. The number of anilines is 1. The molecule has 6 rings (SSSR count). The largest absolute Gasteiger partial charge is 0.467 e. The van der Waals surface area contributed by atoms with E-state index in [2.05, 4.69) is 31.3 Å². The Morgan fingerprint density at radius 3 is 2.48 bits per heavy atom. The van der Waals surface area contributed by atoms with Gasteiger partial charge in [0.1, 0.15) is 12.3 Å². The number of rotatable bonds is 9. The minimum atomic E-state index is -0.402. The van der Waals surface area contributed by atoms with Crippen LogP contribution in [0.1, 0.15) is 41.4 Å². The lowest BCUT2D eigenvalue weighted by atomic mass is 10.0. The first-order valence-electron chi connectivity index (χ1n) is 13.7. The molecule has 42 heavy (non-hydrogen) atoms. The predicted molar refractivity (Wildman–Crippen MR) is 158 cm³/mol. The molecule has 0 unspecified atom stereocenters. The molecule has 1 aliphatic rings. The maximum Gasteiger partial charge on any atom is 0.254 e. The number of aromatic nitrogens is 2. The molecule has 0 saturated heterocycles. The Hall–Kier alpha value is -5.31. The van der Waals surface area contributed by atoms with Crippen LogP contribution in [-0.2, 0) is 11.3 Å². The van der Waals surface area contributed by atoms with Crippen molar-refractivity contribution in [3.8, 4) is 28.4 Å². The number of carbonyl (C=O) groups excluding carboxylic acids is 2. The summed E-state index contributed by atoms with van der Waals surface area (Å²) in [4.78, 5) is 33.3. The lowest BCUT2D eigenvalue weighted by Crippen LogP contribution is -2.37. The molecule has 0 aliphatic carbocycles. The average molecular weight is 563 g/mol. The predicted octanol–water partition coefficient (Wildman–Crippen LogP) is 6.27. The smallest absolute Gasteiger partial charge is 0.254 e. The monoisotopic (exact) mass is 562 g/mol. The van der Waals surface area contributed by atoms with Crippen molar-refractivity contribution in [2.75, 3.05) is 18.7 Å². The molecule has 0 spiro atoms. The van der Waals surface area contributed by atoms with Gasteiger partial charge in [0.25, 0.3) is 5.91 Å². The van der Waals surface area contributed by atoms with Crippen LogP contribution in [0, 0.1) is 0 Å². The summed E-state index contributed by atoms with van der Waals surface area (Å²) in [5, 5.41) is 2.94. The van der Waals surface area contributed by atoms with Crippen molar-refractivity contribution < 1.29 is 23.5 Å². The number of nitrogens with one attached hydrogen (secondary N) is 1. The normalized spacial score (nSPS) is 12.0. The highest BCUT2D eigenvalue weighted by atomic mass is 16.7. The van der Waals surface area contributed by atoms with Crippen LogP contribution in [0.15, 0.2) is 102 Å². The van der Waals surface area contributed by atoms with Gasteiger partial charge in [0.2, 0.25) is 18.6 Å². The van der Waals surface area contributed by atoms with Crippen LogP contribution in [0.2, 0.25) is 0 Å². The Balaban J connectivity index is 1.28. The van der Waals surface area contributed by atoms with Gasteiger partial charge in [-0.3, -0.25) is 19.5 Å². The highest BCUT2D eigenvalue weighted by Gasteiger charge is 2.24. The minimum Gasteiger partial charge on any atom is -0.467 e. The SMILES string of the molecule is CC(C)c1ccc(-n2cc(-c3ccccc3)nc2NC(=O)CN(Cc2ccco2)C(=O)c2ccc3c(c2)OCO3)cc1. The molecule has 2 aromatic heterocycles. The Morgan fingerprint density at radius 1 is 0.952 bits per heavy atom. The number of fused-ring (bicyclic) bond motifs is 1. The average Bonchev–Trinajstić information content (AvgIpc) is 3.78. The van der Waals surface area contributed by atoms with Gasteiger partial charge >= 0.3 is 0 Å². The van der Waals surface area contributed by atoms with Gasteiger partial charge in [0, 0.05) is 23.0 Å². The van der Waals surface area contributed by atoms with Crippen molar-refractivity contribution >= 4 is 17.8 Å². The summed E-state index contributed by atoms with van der Waals surface area (Å²) in [7, 11) is 0. The number of hydrogen-bond donors (Lipinski definition) is 1. The van der Waals surface area contributed by atoms with Crippen molar-refractivity contribution in [2.45, 2.75) is 26.3 Å². The quantitative estimate of drug-likeness (QED) is 0.228. The first kappa shape index (κ1) is 26.9. The van der Waals surface area contributed by atoms with Crippen LogP contribution in [0.4, 0.5) is 5.95 Å². The van der Waals surface area contributed by atoms with Crippen molar-refractivity contribution in [3.05, 3.63) is 114 Å². The zero-order valence-corrected chi connectivity index (χ0v) is 23.3. The summed E-state index contributed by atoms with van der Waals surface area (Å²) >= 11 is 0. The summed E-state index contributed by atoms with van der Waals surface area (Å²) in [6.07, 6.45) is 3.43. The molecule has 2 amide bonds. The second-order valence-corrected chi connectivity index (χ2v) is 10.3. The fourth-order valence-electron chi connectivity index (χ4n) is 4.77. The van der Waals surface area contributed by atoms with Crippen molar-refractivity contribution in [1.82, 2.24) is 14.5 Å². The van der Waals surface area contributed by atoms with Gasteiger partial charge in [-0.2, -0.15) is 0 Å². The molecule has 9 nitrogen and oxygen atoms in total. The van der Waals surface area contributed by atoms with E-state index < -0.39 is 5.91 Å². The Bertz CT molecular complexity index is 1690. The molecule has 5 aromatic rings. The molecule has 0 saturated carbocycles. The summed E-state index contributed by atoms with van der Waals surface area (Å²) in [5.41, 5.74) is 4.07. The van der Waals surface area contributed by atoms with Crippen molar-refractivity contribution in [3.63, 3.8) is 0 Å². The molecule has 212 valence electrons. The molecule has 9 heteroatoms. The third-order valence-electron chi connectivity index (χ3n) is 7.03. The zero-order chi connectivity index (χ0) is 29.1. The third kappa shape index (κ3) is 5.76. The number of imidazole rings is 1. The minimum absolute atomic E-state index is 0.101. The number of hydrogen-bond acceptors (Lipinski definition) is 6. The summed E-state index contributed by atoms with van der Waals surface area (Å²) in [6, 6.07) is 26.4. The highest BCUT2D eigenvalue weighted by molar-refractivity contribution is 5.99. The molecule has 0 radical (unpaired) electrons. The molecular formula is C33H30N4O5. The van der Waals surface area contributed by atoms with Crippen LogP contribution >= 0.6 is 0 Å². The highest BCUT2D eigenvalue weighted by Crippen LogP contribution is 2.33. The van der Waals surface area contributed by atoms with Gasteiger partial charge in [0.05, 0.1) is 18.5 Å². The van der Waals surface area contributed by atoms with E-state index in [0.29, 0.717) is 40.4 Å². The molecule has 0 bridgehead atoms. The topological polar surface area (TPSA) is 98.8 Å². The van der Waals surface area contributed by atoms with E-state index >= 15 is 0 Å². The van der Waals surface area contributed by atoms with E-state index in [1.165, 1.54) is 16.7 Å². The summed E-state index contributed by atoms with van der Waals surface area (Å²) < 4.78 is 18.2. The molecule has 0 fully saturated rings. The van der Waals surface area contributed by atoms with Crippen LogP contribution in [0.5, 0.6) is 11.5 Å². The number of benzene rings is 3. The van der Waals surface area contributed by atoms with E-state index in [0.717, 1.165) is 11.3 Å². The van der Waals surface area contributed by atoms with E-state index in [-0.39, 0.29) is 25.8 Å². The second kappa shape index (κ2) is 11.7. The third-order valence-corrected chi connectivity index (χ3v) is 7.03. The van der Waals surface area contributed by atoms with E-state index in [9.17, 15) is 9.59 Å². The lowest BCUT2D eigenvalue weighted by molar-refractivity contribution is -0.117. The van der Waals surface area contributed by atoms with Crippen molar-refractivity contribution in [2.24, 2.45) is 0 Å². The first-order chi connectivity index (χ1) is 20.4. The Morgan fingerprint density at radius 2 is 1.74 bits per heavy atom. The maximum absolute atomic E-state index is 13.6. The molecule has 3 heterocycles. The van der Waals surface area contributed by atoms with Crippen LogP contribution in [0.3, 0.4) is 0 Å². The summed E-state index contributed by atoms with van der Waals surface area (Å²) in [5.74, 6) is 1.60. The van der Waals surface area contributed by atoms with Gasteiger partial charge in [0.15, 0.2) is 11.5 Å². The van der Waals surface area contributed by atoms with Crippen LogP contribution < -0.4 is 14.8 Å². The number of furan rings is 1.